The molecule has 0 radical (unpaired) electrons. The maximum atomic E-state index is 12.5. The molecule has 1 N–H and O–H groups in total. The lowest BCUT2D eigenvalue weighted by atomic mass is 10.1. The fraction of sp³-hybridized carbons (Fsp3) is 0.294. The zero-order chi connectivity index (χ0) is 17.8. The maximum absolute atomic E-state index is 12.5. The summed E-state index contributed by atoms with van der Waals surface area (Å²) in [5.74, 6) is -1.41. The van der Waals surface area contributed by atoms with Crippen LogP contribution in [0.2, 0.25) is 0 Å². The summed E-state index contributed by atoms with van der Waals surface area (Å²) in [6.07, 6.45) is 1.36. The van der Waals surface area contributed by atoms with Gasteiger partial charge in [0.25, 0.3) is 0 Å². The first-order chi connectivity index (χ1) is 12.1. The summed E-state index contributed by atoms with van der Waals surface area (Å²) >= 11 is 1.45. The van der Waals surface area contributed by atoms with E-state index >= 15 is 0 Å². The molecule has 1 saturated heterocycles. The van der Waals surface area contributed by atoms with Crippen LogP contribution in [0.15, 0.2) is 29.8 Å². The molecule has 3 rings (SSSR count). The molecule has 8 heteroatoms. The van der Waals surface area contributed by atoms with Crippen LogP contribution in [-0.2, 0) is 14.3 Å². The molecule has 1 aromatic heterocycles. The van der Waals surface area contributed by atoms with Crippen molar-refractivity contribution in [2.75, 3.05) is 25.0 Å². The van der Waals surface area contributed by atoms with Gasteiger partial charge in [-0.1, -0.05) is 12.1 Å². The van der Waals surface area contributed by atoms with Crippen molar-refractivity contribution >= 4 is 28.8 Å². The molecule has 1 aromatic carbocycles. The molecule has 0 spiro atoms. The van der Waals surface area contributed by atoms with Crippen LogP contribution in [0.25, 0.3) is 0 Å². The highest BCUT2D eigenvalue weighted by Gasteiger charge is 2.30. The third-order valence-corrected chi connectivity index (χ3v) is 4.78. The molecule has 1 fully saturated rings. The molecule has 1 aliphatic heterocycles. The van der Waals surface area contributed by atoms with Crippen LogP contribution in [0.3, 0.4) is 0 Å². The van der Waals surface area contributed by atoms with E-state index in [1.165, 1.54) is 16.2 Å². The highest BCUT2D eigenvalue weighted by molar-refractivity contribution is 7.09. The molecular weight excluding hydrogens is 340 g/mol. The fourth-order valence-electron chi connectivity index (χ4n) is 2.62. The van der Waals surface area contributed by atoms with E-state index in [9.17, 15) is 14.9 Å². The predicted octanol–water partition coefficient (Wildman–Crippen LogP) is 1.86. The number of nitriles is 1. The number of hydrogen-bond donors (Lipinski definition) is 1. The molecule has 25 heavy (non-hydrogen) atoms. The SMILES string of the molecule is Cc1cccc(NC(=O)C(=O)N2CCO[C@H](c3nccs3)C2)c1C#N. The largest absolute Gasteiger partial charge is 0.367 e. The second kappa shape index (κ2) is 7.42. The number of benzene rings is 1. The molecule has 2 aromatic rings. The zero-order valence-corrected chi connectivity index (χ0v) is 14.4. The summed E-state index contributed by atoms with van der Waals surface area (Å²) in [6.45, 7) is 2.74. The summed E-state index contributed by atoms with van der Waals surface area (Å²) in [5.41, 5.74) is 1.43. The van der Waals surface area contributed by atoms with Gasteiger partial charge in [0, 0.05) is 18.1 Å². The number of thiazole rings is 1. The molecule has 2 amide bonds. The van der Waals surface area contributed by atoms with E-state index in [1.54, 1.807) is 31.3 Å². The van der Waals surface area contributed by atoms with E-state index in [-0.39, 0.29) is 12.6 Å². The Morgan fingerprint density at radius 2 is 2.32 bits per heavy atom. The number of amides is 2. The van der Waals surface area contributed by atoms with E-state index in [2.05, 4.69) is 10.3 Å². The van der Waals surface area contributed by atoms with Crippen molar-refractivity contribution in [3.8, 4) is 6.07 Å². The van der Waals surface area contributed by atoms with Gasteiger partial charge in [-0.3, -0.25) is 9.59 Å². The second-order valence-corrected chi connectivity index (χ2v) is 6.47. The minimum atomic E-state index is -0.762. The summed E-state index contributed by atoms with van der Waals surface area (Å²) < 4.78 is 5.63. The molecule has 1 atom stereocenters. The normalized spacial score (nSPS) is 17.0. The van der Waals surface area contributed by atoms with E-state index < -0.39 is 11.8 Å². The van der Waals surface area contributed by atoms with Gasteiger partial charge in [0.15, 0.2) is 0 Å². The Morgan fingerprint density at radius 3 is 3.04 bits per heavy atom. The van der Waals surface area contributed by atoms with E-state index in [0.29, 0.717) is 24.4 Å². The number of nitrogens with zero attached hydrogens (tertiary/aromatic N) is 3. The number of carbonyl (C=O) groups is 2. The van der Waals surface area contributed by atoms with Gasteiger partial charge < -0.3 is 15.0 Å². The minimum Gasteiger partial charge on any atom is -0.367 e. The topological polar surface area (TPSA) is 95.3 Å². The average Bonchev–Trinajstić information content (AvgIpc) is 3.16. The molecule has 7 nitrogen and oxygen atoms in total. The molecule has 128 valence electrons. The lowest BCUT2D eigenvalue weighted by molar-refractivity contribution is -0.148. The predicted molar refractivity (Wildman–Crippen MR) is 91.9 cm³/mol. The quantitative estimate of drug-likeness (QED) is 0.829. The third kappa shape index (κ3) is 3.68. The Balaban J connectivity index is 1.69. The second-order valence-electron chi connectivity index (χ2n) is 5.54. The number of aryl methyl sites for hydroxylation is 1. The van der Waals surface area contributed by atoms with Crippen LogP contribution in [-0.4, -0.2) is 41.4 Å². The summed E-state index contributed by atoms with van der Waals surface area (Å²) in [5, 5.41) is 14.4. The third-order valence-electron chi connectivity index (χ3n) is 3.91. The monoisotopic (exact) mass is 356 g/mol. The molecule has 2 heterocycles. The van der Waals surface area contributed by atoms with Gasteiger partial charge in [-0.05, 0) is 18.6 Å². The first kappa shape index (κ1) is 17.1. The number of hydrogen-bond acceptors (Lipinski definition) is 6. The van der Waals surface area contributed by atoms with Gasteiger partial charge in [0.05, 0.1) is 24.4 Å². The molecule has 0 unspecified atom stereocenters. The Bertz CT molecular complexity index is 829. The lowest BCUT2D eigenvalue weighted by Gasteiger charge is -2.31. The van der Waals surface area contributed by atoms with Crippen molar-refractivity contribution < 1.29 is 14.3 Å². The number of ether oxygens (including phenoxy) is 1. The van der Waals surface area contributed by atoms with Crippen molar-refractivity contribution in [3.05, 3.63) is 45.9 Å². The van der Waals surface area contributed by atoms with Crippen molar-refractivity contribution in [2.24, 2.45) is 0 Å². The minimum absolute atomic E-state index is 0.276. The van der Waals surface area contributed by atoms with E-state index in [4.69, 9.17) is 4.74 Å². The van der Waals surface area contributed by atoms with Crippen molar-refractivity contribution in [3.63, 3.8) is 0 Å². The first-order valence-corrected chi connectivity index (χ1v) is 8.59. The number of anilines is 1. The molecule has 0 aliphatic carbocycles. The number of aromatic nitrogens is 1. The van der Waals surface area contributed by atoms with E-state index in [1.807, 2.05) is 11.4 Å². The Hall–Kier alpha value is -2.76. The van der Waals surface area contributed by atoms with Crippen LogP contribution in [0, 0.1) is 18.3 Å². The van der Waals surface area contributed by atoms with E-state index in [0.717, 1.165) is 10.6 Å². The van der Waals surface area contributed by atoms with Crippen LogP contribution in [0.1, 0.15) is 22.2 Å². The van der Waals surface area contributed by atoms with Crippen LogP contribution < -0.4 is 5.32 Å². The summed E-state index contributed by atoms with van der Waals surface area (Å²) in [7, 11) is 0. The van der Waals surface area contributed by atoms with Crippen molar-refractivity contribution in [1.82, 2.24) is 9.88 Å². The zero-order valence-electron chi connectivity index (χ0n) is 13.6. The lowest BCUT2D eigenvalue weighted by Crippen LogP contribution is -2.46. The van der Waals surface area contributed by atoms with Gasteiger partial charge in [-0.2, -0.15) is 5.26 Å². The summed E-state index contributed by atoms with van der Waals surface area (Å²) in [6, 6.07) is 7.15. The molecule has 0 bridgehead atoms. The Morgan fingerprint density at radius 1 is 1.48 bits per heavy atom. The average molecular weight is 356 g/mol. The smallest absolute Gasteiger partial charge is 0.313 e. The van der Waals surface area contributed by atoms with Gasteiger partial charge in [-0.25, -0.2) is 4.98 Å². The fourth-order valence-corrected chi connectivity index (χ4v) is 3.29. The highest BCUT2D eigenvalue weighted by atomic mass is 32.1. The van der Waals surface area contributed by atoms with Crippen LogP contribution >= 0.6 is 11.3 Å². The van der Waals surface area contributed by atoms with Crippen molar-refractivity contribution in [1.29, 1.82) is 5.26 Å². The van der Waals surface area contributed by atoms with Gasteiger partial charge >= 0.3 is 11.8 Å². The number of nitrogens with one attached hydrogen (secondary N) is 1. The Kier molecular flexibility index (Phi) is 5.07. The number of morpholine rings is 1. The molecular formula is C17H16N4O3S. The van der Waals surface area contributed by atoms with Crippen LogP contribution in [0.4, 0.5) is 5.69 Å². The standard InChI is InChI=1S/C17H16N4O3S/c1-11-3-2-4-13(12(11)9-18)20-15(22)17(23)21-6-7-24-14(10-21)16-19-5-8-25-16/h2-5,8,14H,6-7,10H2,1H3,(H,20,22)/t14-/m0/s1. The molecule has 0 saturated carbocycles. The van der Waals surface area contributed by atoms with Gasteiger partial charge in [0.2, 0.25) is 0 Å². The highest BCUT2D eigenvalue weighted by Crippen LogP contribution is 2.24. The number of carbonyl (C=O) groups excluding carboxylic acids is 2. The van der Waals surface area contributed by atoms with Crippen LogP contribution in [0.5, 0.6) is 0 Å². The summed E-state index contributed by atoms with van der Waals surface area (Å²) in [4.78, 5) is 30.4. The van der Waals surface area contributed by atoms with Gasteiger partial charge in [-0.15, -0.1) is 11.3 Å². The Labute approximate surface area is 148 Å². The molecule has 1 aliphatic rings. The maximum Gasteiger partial charge on any atom is 0.313 e. The first-order valence-electron chi connectivity index (χ1n) is 7.71. The number of rotatable bonds is 2. The van der Waals surface area contributed by atoms with Crippen molar-refractivity contribution in [2.45, 2.75) is 13.0 Å². The van der Waals surface area contributed by atoms with Gasteiger partial charge in [0.1, 0.15) is 17.2 Å².